The van der Waals surface area contributed by atoms with Crippen LogP contribution in [0.3, 0.4) is 0 Å². The van der Waals surface area contributed by atoms with Gasteiger partial charge >= 0.3 is 0 Å². The Kier molecular flexibility index (Phi) is 4.51. The molecular weight excluding hydrogens is 312 g/mol. The number of nitrogens with one attached hydrogen (secondary N) is 1. The smallest absolute Gasteiger partial charge is 0.262 e. The molecule has 1 aromatic heterocycles. The van der Waals surface area contributed by atoms with Gasteiger partial charge in [-0.3, -0.25) is 9.71 Å². The van der Waals surface area contributed by atoms with Crippen molar-refractivity contribution in [2.75, 3.05) is 4.72 Å². The Morgan fingerprint density at radius 2 is 2.05 bits per heavy atom. The van der Waals surface area contributed by atoms with Crippen molar-refractivity contribution in [1.82, 2.24) is 4.98 Å². The van der Waals surface area contributed by atoms with E-state index in [1.165, 1.54) is 12.3 Å². The van der Waals surface area contributed by atoms with E-state index in [9.17, 15) is 13.5 Å². The molecule has 1 heterocycles. The third-order valence-electron chi connectivity index (χ3n) is 3.16. The molecule has 0 saturated carbocycles. The molecule has 2 N–H and O–H groups in total. The van der Waals surface area contributed by atoms with E-state index in [1.807, 2.05) is 0 Å². The Morgan fingerprint density at radius 3 is 2.67 bits per heavy atom. The van der Waals surface area contributed by atoms with Crippen molar-refractivity contribution in [2.45, 2.75) is 25.3 Å². The lowest BCUT2D eigenvalue weighted by atomic mass is 10.1. The summed E-state index contributed by atoms with van der Waals surface area (Å²) in [7, 11) is -3.79. The zero-order valence-electron chi connectivity index (χ0n) is 11.6. The van der Waals surface area contributed by atoms with Gasteiger partial charge in [-0.1, -0.05) is 11.6 Å². The number of aryl methyl sites for hydroxylation is 1. The molecule has 0 saturated heterocycles. The van der Waals surface area contributed by atoms with Crippen molar-refractivity contribution in [3.05, 3.63) is 52.3 Å². The Labute approximate surface area is 128 Å². The summed E-state index contributed by atoms with van der Waals surface area (Å²) in [5, 5.41) is 9.55. The average Bonchev–Trinajstić information content (AvgIpc) is 2.43. The first-order valence-electron chi connectivity index (χ1n) is 6.18. The van der Waals surface area contributed by atoms with E-state index in [1.54, 1.807) is 32.2 Å². The number of aliphatic hydroxyl groups excluding tert-OH is 1. The molecule has 112 valence electrons. The number of nitrogens with zero attached hydrogens (tertiary/aromatic N) is 1. The molecule has 0 fully saturated rings. The minimum absolute atomic E-state index is 0.0512. The quantitative estimate of drug-likeness (QED) is 0.905. The monoisotopic (exact) mass is 326 g/mol. The number of hydrogen-bond acceptors (Lipinski definition) is 4. The summed E-state index contributed by atoms with van der Waals surface area (Å²) in [5.41, 5.74) is 2.12. The first kappa shape index (κ1) is 15.8. The third kappa shape index (κ3) is 3.34. The zero-order chi connectivity index (χ0) is 15.6. The van der Waals surface area contributed by atoms with Gasteiger partial charge in [0.25, 0.3) is 10.0 Å². The van der Waals surface area contributed by atoms with Gasteiger partial charge in [0, 0.05) is 17.4 Å². The zero-order valence-corrected chi connectivity index (χ0v) is 13.2. The predicted octanol–water partition coefficient (Wildman–Crippen LogP) is 2.64. The second-order valence-electron chi connectivity index (χ2n) is 4.64. The topological polar surface area (TPSA) is 79.3 Å². The van der Waals surface area contributed by atoms with Crippen LogP contribution in [0.2, 0.25) is 5.02 Å². The van der Waals surface area contributed by atoms with Crippen molar-refractivity contribution in [2.24, 2.45) is 0 Å². The Hall–Kier alpha value is -1.63. The van der Waals surface area contributed by atoms with E-state index < -0.39 is 10.0 Å². The number of benzene rings is 1. The molecule has 2 aromatic rings. The van der Waals surface area contributed by atoms with Gasteiger partial charge < -0.3 is 5.11 Å². The van der Waals surface area contributed by atoms with Crippen molar-refractivity contribution >= 4 is 27.3 Å². The molecule has 1 aromatic carbocycles. The van der Waals surface area contributed by atoms with Crippen LogP contribution in [0.4, 0.5) is 5.69 Å². The second kappa shape index (κ2) is 6.01. The maximum atomic E-state index is 12.5. The minimum Gasteiger partial charge on any atom is -0.392 e. The van der Waals surface area contributed by atoms with Crippen LogP contribution < -0.4 is 4.72 Å². The second-order valence-corrected chi connectivity index (χ2v) is 6.73. The summed E-state index contributed by atoms with van der Waals surface area (Å²) in [6, 6.07) is 4.50. The average molecular weight is 327 g/mol. The third-order valence-corrected chi connectivity index (χ3v) is 4.87. The standard InChI is InChI=1S/C14H15ClN2O3S/c1-9-7-16-4-3-13(9)17-21(19,20)14-6-12(15)5-11(8-18)10(14)2/h3-7,18H,8H2,1-2H3,(H,16,17). The molecule has 0 bridgehead atoms. The minimum atomic E-state index is -3.79. The van der Waals surface area contributed by atoms with Crippen molar-refractivity contribution in [3.63, 3.8) is 0 Å². The molecule has 0 aliphatic carbocycles. The van der Waals surface area contributed by atoms with Crippen LogP contribution in [0.1, 0.15) is 16.7 Å². The highest BCUT2D eigenvalue weighted by atomic mass is 35.5. The van der Waals surface area contributed by atoms with Crippen LogP contribution in [-0.4, -0.2) is 18.5 Å². The number of sulfonamides is 1. The maximum absolute atomic E-state index is 12.5. The molecule has 0 unspecified atom stereocenters. The number of anilines is 1. The highest BCUT2D eigenvalue weighted by Gasteiger charge is 2.20. The summed E-state index contributed by atoms with van der Waals surface area (Å²) < 4.78 is 27.6. The molecule has 0 aliphatic heterocycles. The number of rotatable bonds is 4. The van der Waals surface area contributed by atoms with E-state index in [0.717, 1.165) is 0 Å². The lowest BCUT2D eigenvalue weighted by molar-refractivity contribution is 0.280. The highest BCUT2D eigenvalue weighted by Crippen LogP contribution is 2.27. The van der Waals surface area contributed by atoms with E-state index in [0.29, 0.717) is 22.4 Å². The number of aromatic nitrogens is 1. The van der Waals surface area contributed by atoms with Crippen LogP contribution in [0.15, 0.2) is 35.5 Å². The lowest BCUT2D eigenvalue weighted by Gasteiger charge is -2.14. The number of aliphatic hydroxyl groups is 1. The molecule has 21 heavy (non-hydrogen) atoms. The van der Waals surface area contributed by atoms with Gasteiger partial charge in [-0.05, 0) is 48.7 Å². The summed E-state index contributed by atoms with van der Waals surface area (Å²) in [4.78, 5) is 3.97. The number of halogens is 1. The maximum Gasteiger partial charge on any atom is 0.262 e. The molecule has 5 nitrogen and oxygen atoms in total. The van der Waals surface area contributed by atoms with Gasteiger partial charge in [0.1, 0.15) is 0 Å². The van der Waals surface area contributed by atoms with Crippen molar-refractivity contribution in [3.8, 4) is 0 Å². The lowest BCUT2D eigenvalue weighted by Crippen LogP contribution is -2.16. The molecule has 0 spiro atoms. The van der Waals surface area contributed by atoms with Gasteiger partial charge in [-0.2, -0.15) is 0 Å². The van der Waals surface area contributed by atoms with E-state index >= 15 is 0 Å². The highest BCUT2D eigenvalue weighted by molar-refractivity contribution is 7.92. The van der Waals surface area contributed by atoms with Crippen molar-refractivity contribution < 1.29 is 13.5 Å². The predicted molar refractivity (Wildman–Crippen MR) is 81.9 cm³/mol. The van der Waals surface area contributed by atoms with Gasteiger partial charge in [0.15, 0.2) is 0 Å². The molecule has 0 atom stereocenters. The SMILES string of the molecule is Cc1cnccc1NS(=O)(=O)c1cc(Cl)cc(CO)c1C. The van der Waals surface area contributed by atoms with E-state index in [-0.39, 0.29) is 16.5 Å². The largest absolute Gasteiger partial charge is 0.392 e. The van der Waals surface area contributed by atoms with E-state index in [2.05, 4.69) is 9.71 Å². The van der Waals surface area contributed by atoms with Crippen LogP contribution in [0.25, 0.3) is 0 Å². The number of pyridine rings is 1. The first-order valence-corrected chi connectivity index (χ1v) is 8.04. The van der Waals surface area contributed by atoms with Crippen LogP contribution in [0.5, 0.6) is 0 Å². The Bertz CT molecular complexity index is 776. The summed E-state index contributed by atoms with van der Waals surface area (Å²) in [6.45, 7) is 3.12. The van der Waals surface area contributed by atoms with Gasteiger partial charge in [0.05, 0.1) is 17.2 Å². The fourth-order valence-electron chi connectivity index (χ4n) is 1.94. The fraction of sp³-hybridized carbons (Fsp3) is 0.214. The number of hydrogen-bond donors (Lipinski definition) is 2. The summed E-state index contributed by atoms with van der Waals surface area (Å²) >= 11 is 5.93. The molecule has 0 aliphatic rings. The van der Waals surface area contributed by atoms with Crippen molar-refractivity contribution in [1.29, 1.82) is 0 Å². The molecular formula is C14H15ClN2O3S. The molecule has 2 rings (SSSR count). The van der Waals surface area contributed by atoms with Gasteiger partial charge in [-0.15, -0.1) is 0 Å². The molecule has 7 heteroatoms. The molecule has 0 radical (unpaired) electrons. The summed E-state index contributed by atoms with van der Waals surface area (Å²) in [6.07, 6.45) is 3.08. The van der Waals surface area contributed by atoms with Gasteiger partial charge in [0.2, 0.25) is 0 Å². The fourth-order valence-corrected chi connectivity index (χ4v) is 3.69. The summed E-state index contributed by atoms with van der Waals surface area (Å²) in [5.74, 6) is 0. The van der Waals surface area contributed by atoms with Crippen LogP contribution in [0, 0.1) is 13.8 Å². The Balaban J connectivity index is 2.50. The van der Waals surface area contributed by atoms with E-state index in [4.69, 9.17) is 11.6 Å². The van der Waals surface area contributed by atoms with Crippen LogP contribution in [-0.2, 0) is 16.6 Å². The normalized spacial score (nSPS) is 11.4. The first-order chi connectivity index (χ1) is 9.85. The molecule has 0 amide bonds. The van der Waals surface area contributed by atoms with Gasteiger partial charge in [-0.25, -0.2) is 8.42 Å². The van der Waals surface area contributed by atoms with Crippen LogP contribution >= 0.6 is 11.6 Å². The Morgan fingerprint density at radius 1 is 1.33 bits per heavy atom.